The molecular weight excluding hydrogens is 178 g/mol. The van der Waals surface area contributed by atoms with Gasteiger partial charge in [-0.1, -0.05) is 5.16 Å². The van der Waals surface area contributed by atoms with Gasteiger partial charge in [0.25, 0.3) is 0 Å². The summed E-state index contributed by atoms with van der Waals surface area (Å²) >= 11 is 0. The van der Waals surface area contributed by atoms with E-state index in [1.807, 2.05) is 6.07 Å². The second-order valence-corrected chi connectivity index (χ2v) is 3.91. The van der Waals surface area contributed by atoms with Crippen molar-refractivity contribution in [2.45, 2.75) is 25.8 Å². The van der Waals surface area contributed by atoms with Gasteiger partial charge in [-0.25, -0.2) is 0 Å². The van der Waals surface area contributed by atoms with Crippen LogP contribution in [0, 0.1) is 5.92 Å². The first-order valence-electron chi connectivity index (χ1n) is 5.23. The molecule has 3 N–H and O–H groups in total. The van der Waals surface area contributed by atoms with Gasteiger partial charge in [-0.05, 0) is 31.8 Å². The zero-order chi connectivity index (χ0) is 9.80. The van der Waals surface area contributed by atoms with Crippen molar-refractivity contribution >= 4 is 0 Å². The molecule has 0 spiro atoms. The maximum absolute atomic E-state index is 5.46. The Bertz CT molecular complexity index is 279. The van der Waals surface area contributed by atoms with Crippen molar-refractivity contribution in [2.24, 2.45) is 11.7 Å². The van der Waals surface area contributed by atoms with Gasteiger partial charge in [0.05, 0.1) is 5.69 Å². The molecule has 2 rings (SSSR count). The molecule has 2 heterocycles. The molecule has 0 radical (unpaired) electrons. The van der Waals surface area contributed by atoms with Crippen LogP contribution in [0.25, 0.3) is 0 Å². The SMILES string of the molecule is NCc1cc(CC2CCCNC2)on1. The van der Waals surface area contributed by atoms with E-state index in [0.29, 0.717) is 12.5 Å². The van der Waals surface area contributed by atoms with Gasteiger partial charge in [-0.2, -0.15) is 0 Å². The van der Waals surface area contributed by atoms with Gasteiger partial charge in [0.15, 0.2) is 0 Å². The molecule has 0 bridgehead atoms. The summed E-state index contributed by atoms with van der Waals surface area (Å²) in [6.07, 6.45) is 3.54. The number of aromatic nitrogens is 1. The molecule has 14 heavy (non-hydrogen) atoms. The van der Waals surface area contributed by atoms with E-state index < -0.39 is 0 Å². The lowest BCUT2D eigenvalue weighted by molar-refractivity contribution is 0.319. The number of nitrogens with two attached hydrogens (primary N) is 1. The lowest BCUT2D eigenvalue weighted by Crippen LogP contribution is -2.30. The molecule has 1 aromatic heterocycles. The third-order valence-corrected chi connectivity index (χ3v) is 2.71. The fourth-order valence-corrected chi connectivity index (χ4v) is 1.93. The second kappa shape index (κ2) is 4.57. The van der Waals surface area contributed by atoms with E-state index in [4.69, 9.17) is 10.3 Å². The van der Waals surface area contributed by atoms with E-state index in [-0.39, 0.29) is 0 Å². The summed E-state index contributed by atoms with van der Waals surface area (Å²) in [4.78, 5) is 0. The highest BCUT2D eigenvalue weighted by Crippen LogP contribution is 2.16. The molecule has 0 aliphatic carbocycles. The Kier molecular flexibility index (Phi) is 3.16. The molecule has 1 saturated heterocycles. The molecule has 1 aliphatic heterocycles. The lowest BCUT2D eigenvalue weighted by atomic mass is 9.95. The fraction of sp³-hybridized carbons (Fsp3) is 0.700. The molecule has 1 unspecified atom stereocenters. The van der Waals surface area contributed by atoms with Crippen LogP contribution in [-0.4, -0.2) is 18.2 Å². The predicted octanol–water partition coefficient (Wildman–Crippen LogP) is 0.675. The minimum Gasteiger partial charge on any atom is -0.361 e. The van der Waals surface area contributed by atoms with E-state index in [1.165, 1.54) is 12.8 Å². The number of hydrogen-bond donors (Lipinski definition) is 2. The fourth-order valence-electron chi connectivity index (χ4n) is 1.93. The van der Waals surface area contributed by atoms with E-state index in [1.54, 1.807) is 0 Å². The average Bonchev–Trinajstić information content (AvgIpc) is 2.67. The Balaban J connectivity index is 1.89. The molecule has 4 nitrogen and oxygen atoms in total. The average molecular weight is 195 g/mol. The largest absolute Gasteiger partial charge is 0.361 e. The maximum Gasteiger partial charge on any atom is 0.137 e. The third-order valence-electron chi connectivity index (χ3n) is 2.71. The molecule has 4 heteroatoms. The summed E-state index contributed by atoms with van der Waals surface area (Å²) in [6.45, 7) is 2.71. The van der Waals surface area contributed by atoms with Crippen LogP contribution in [0.1, 0.15) is 24.3 Å². The molecule has 1 aromatic rings. The van der Waals surface area contributed by atoms with Crippen LogP contribution in [0.3, 0.4) is 0 Å². The van der Waals surface area contributed by atoms with Crippen LogP contribution in [0.2, 0.25) is 0 Å². The van der Waals surface area contributed by atoms with Crippen molar-refractivity contribution in [3.8, 4) is 0 Å². The molecule has 1 aliphatic rings. The standard InChI is InChI=1S/C10H17N3O/c11-6-9-5-10(14-13-9)4-8-2-1-3-12-7-8/h5,8,12H,1-4,6-7,11H2. The number of piperidine rings is 1. The maximum atomic E-state index is 5.46. The topological polar surface area (TPSA) is 64.1 Å². The minimum absolute atomic E-state index is 0.465. The lowest BCUT2D eigenvalue weighted by Gasteiger charge is -2.21. The van der Waals surface area contributed by atoms with Crippen molar-refractivity contribution in [3.05, 3.63) is 17.5 Å². The van der Waals surface area contributed by atoms with Crippen LogP contribution in [-0.2, 0) is 13.0 Å². The normalized spacial score (nSPS) is 22.5. The van der Waals surface area contributed by atoms with Crippen LogP contribution >= 0.6 is 0 Å². The van der Waals surface area contributed by atoms with E-state index in [0.717, 1.165) is 31.0 Å². The number of hydrogen-bond acceptors (Lipinski definition) is 4. The highest BCUT2D eigenvalue weighted by Gasteiger charge is 2.15. The number of nitrogens with zero attached hydrogens (tertiary/aromatic N) is 1. The first-order valence-corrected chi connectivity index (χ1v) is 5.23. The quantitative estimate of drug-likeness (QED) is 0.744. The molecule has 0 saturated carbocycles. The second-order valence-electron chi connectivity index (χ2n) is 3.91. The van der Waals surface area contributed by atoms with Crippen molar-refractivity contribution in [3.63, 3.8) is 0 Å². The molecule has 1 fully saturated rings. The van der Waals surface area contributed by atoms with E-state index in [2.05, 4.69) is 10.5 Å². The van der Waals surface area contributed by atoms with Gasteiger partial charge >= 0.3 is 0 Å². The Labute approximate surface area is 83.8 Å². The first kappa shape index (κ1) is 9.68. The van der Waals surface area contributed by atoms with E-state index in [9.17, 15) is 0 Å². The van der Waals surface area contributed by atoms with Gasteiger partial charge < -0.3 is 15.6 Å². The summed E-state index contributed by atoms with van der Waals surface area (Å²) in [5.41, 5.74) is 6.31. The molecule has 1 atom stereocenters. The Morgan fingerprint density at radius 2 is 2.57 bits per heavy atom. The highest BCUT2D eigenvalue weighted by molar-refractivity contribution is 5.05. The van der Waals surface area contributed by atoms with Crippen LogP contribution < -0.4 is 11.1 Å². The Hall–Kier alpha value is -0.870. The molecule has 0 amide bonds. The smallest absolute Gasteiger partial charge is 0.137 e. The number of rotatable bonds is 3. The summed E-state index contributed by atoms with van der Waals surface area (Å²) < 4.78 is 5.20. The first-order chi connectivity index (χ1) is 6.88. The van der Waals surface area contributed by atoms with Crippen molar-refractivity contribution in [1.82, 2.24) is 10.5 Å². The monoisotopic (exact) mass is 195 g/mol. The van der Waals surface area contributed by atoms with Crippen molar-refractivity contribution < 1.29 is 4.52 Å². The van der Waals surface area contributed by atoms with Gasteiger partial charge in [-0.3, -0.25) is 0 Å². The van der Waals surface area contributed by atoms with Gasteiger partial charge in [0, 0.05) is 19.0 Å². The van der Waals surface area contributed by atoms with Crippen LogP contribution in [0.4, 0.5) is 0 Å². The summed E-state index contributed by atoms with van der Waals surface area (Å²) in [5.74, 6) is 1.67. The Morgan fingerprint density at radius 1 is 1.64 bits per heavy atom. The molecule has 0 aromatic carbocycles. The van der Waals surface area contributed by atoms with Crippen LogP contribution in [0.15, 0.2) is 10.6 Å². The van der Waals surface area contributed by atoms with Crippen molar-refractivity contribution in [1.29, 1.82) is 0 Å². The highest BCUT2D eigenvalue weighted by atomic mass is 16.5. The zero-order valence-electron chi connectivity index (χ0n) is 8.33. The van der Waals surface area contributed by atoms with Crippen LogP contribution in [0.5, 0.6) is 0 Å². The number of nitrogens with one attached hydrogen (secondary N) is 1. The van der Waals surface area contributed by atoms with Gasteiger partial charge in [0.2, 0.25) is 0 Å². The minimum atomic E-state index is 0.465. The van der Waals surface area contributed by atoms with E-state index >= 15 is 0 Å². The van der Waals surface area contributed by atoms with Crippen molar-refractivity contribution in [2.75, 3.05) is 13.1 Å². The predicted molar refractivity (Wildman–Crippen MR) is 53.7 cm³/mol. The zero-order valence-corrected chi connectivity index (χ0v) is 8.33. The molecule has 78 valence electrons. The van der Waals surface area contributed by atoms with Gasteiger partial charge in [0.1, 0.15) is 5.76 Å². The summed E-state index contributed by atoms with van der Waals surface area (Å²) in [7, 11) is 0. The van der Waals surface area contributed by atoms with Gasteiger partial charge in [-0.15, -0.1) is 0 Å². The summed E-state index contributed by atoms with van der Waals surface area (Å²) in [6, 6.07) is 1.97. The third kappa shape index (κ3) is 2.33. The molecular formula is C10H17N3O. The Morgan fingerprint density at radius 3 is 3.21 bits per heavy atom. The summed E-state index contributed by atoms with van der Waals surface area (Å²) in [5, 5.41) is 7.27.